The van der Waals surface area contributed by atoms with Gasteiger partial charge in [0.05, 0.1) is 18.8 Å². The molecule has 0 bridgehead atoms. The van der Waals surface area contributed by atoms with Crippen LogP contribution in [0.5, 0.6) is 0 Å². The van der Waals surface area contributed by atoms with E-state index in [0.29, 0.717) is 0 Å². The largest absolute Gasteiger partial charge is 0.374 e. The number of morpholine rings is 1. The molecule has 13 heavy (non-hydrogen) atoms. The summed E-state index contributed by atoms with van der Waals surface area (Å²) in [6.07, 6.45) is 3.09. The highest BCUT2D eigenvalue weighted by molar-refractivity contribution is 4.92. The van der Waals surface area contributed by atoms with Crippen molar-refractivity contribution < 1.29 is 4.74 Å². The van der Waals surface area contributed by atoms with E-state index in [-0.39, 0.29) is 12.1 Å². The Balaban J connectivity index is 2.36. The third kappa shape index (κ3) is 3.10. The molecule has 0 amide bonds. The van der Waals surface area contributed by atoms with E-state index in [1.807, 2.05) is 0 Å². The Labute approximate surface area is 80.5 Å². The zero-order chi connectivity index (χ0) is 9.68. The van der Waals surface area contributed by atoms with Gasteiger partial charge in [0.1, 0.15) is 0 Å². The molecular formula is C10H20N2O. The van der Waals surface area contributed by atoms with Gasteiger partial charge in [-0.1, -0.05) is 13.0 Å². The summed E-state index contributed by atoms with van der Waals surface area (Å²) in [6.45, 7) is 9.80. The summed E-state index contributed by atoms with van der Waals surface area (Å²) >= 11 is 0. The van der Waals surface area contributed by atoms with Crippen LogP contribution >= 0.6 is 0 Å². The van der Waals surface area contributed by atoms with Crippen LogP contribution in [0.15, 0.2) is 12.7 Å². The number of hydrogen-bond donors (Lipinski definition) is 1. The Morgan fingerprint density at radius 1 is 1.77 bits per heavy atom. The van der Waals surface area contributed by atoms with Crippen molar-refractivity contribution in [3.05, 3.63) is 12.7 Å². The minimum absolute atomic E-state index is 0.0281. The van der Waals surface area contributed by atoms with Crippen molar-refractivity contribution in [2.24, 2.45) is 5.73 Å². The summed E-state index contributed by atoms with van der Waals surface area (Å²) in [5, 5.41) is 0. The molecule has 0 aliphatic carbocycles. The molecule has 1 aliphatic rings. The van der Waals surface area contributed by atoms with Crippen LogP contribution in [-0.4, -0.2) is 43.3 Å². The molecule has 1 saturated heterocycles. The average Bonchev–Trinajstić information content (AvgIpc) is 2.18. The van der Waals surface area contributed by atoms with Crippen molar-refractivity contribution in [1.82, 2.24) is 4.90 Å². The first-order valence-corrected chi connectivity index (χ1v) is 5.00. The van der Waals surface area contributed by atoms with E-state index < -0.39 is 0 Å². The fraction of sp³-hybridized carbons (Fsp3) is 0.800. The first kappa shape index (κ1) is 10.7. The SMILES string of the molecule is C=CC(N)C1CN(CCC)CCO1. The maximum absolute atomic E-state index is 5.84. The van der Waals surface area contributed by atoms with Gasteiger partial charge in [-0.2, -0.15) is 0 Å². The minimum atomic E-state index is -0.0281. The van der Waals surface area contributed by atoms with Crippen molar-refractivity contribution in [2.45, 2.75) is 25.5 Å². The number of nitrogens with zero attached hydrogens (tertiary/aromatic N) is 1. The lowest BCUT2D eigenvalue weighted by atomic mass is 10.1. The molecule has 0 spiro atoms. The zero-order valence-corrected chi connectivity index (χ0v) is 8.41. The van der Waals surface area contributed by atoms with E-state index in [1.54, 1.807) is 6.08 Å². The predicted octanol–water partition coefficient (Wildman–Crippen LogP) is 0.610. The van der Waals surface area contributed by atoms with Gasteiger partial charge in [0.15, 0.2) is 0 Å². The highest BCUT2D eigenvalue weighted by Crippen LogP contribution is 2.08. The van der Waals surface area contributed by atoms with Gasteiger partial charge in [-0.15, -0.1) is 6.58 Å². The van der Waals surface area contributed by atoms with E-state index in [2.05, 4.69) is 18.4 Å². The molecule has 2 N–H and O–H groups in total. The molecule has 0 saturated carbocycles. The minimum Gasteiger partial charge on any atom is -0.374 e. The molecule has 3 nitrogen and oxygen atoms in total. The van der Waals surface area contributed by atoms with Crippen LogP contribution in [0.1, 0.15) is 13.3 Å². The van der Waals surface area contributed by atoms with Gasteiger partial charge in [-0.3, -0.25) is 4.90 Å². The molecule has 2 unspecified atom stereocenters. The van der Waals surface area contributed by atoms with Crippen LogP contribution < -0.4 is 5.73 Å². The Hall–Kier alpha value is -0.380. The maximum atomic E-state index is 5.84. The van der Waals surface area contributed by atoms with Gasteiger partial charge in [0, 0.05) is 13.1 Å². The molecule has 3 heteroatoms. The molecule has 0 radical (unpaired) electrons. The normalized spacial score (nSPS) is 27.1. The third-order valence-corrected chi connectivity index (χ3v) is 2.42. The monoisotopic (exact) mass is 184 g/mol. The smallest absolute Gasteiger partial charge is 0.0888 e. The fourth-order valence-corrected chi connectivity index (χ4v) is 1.64. The summed E-state index contributed by atoms with van der Waals surface area (Å²) in [4.78, 5) is 2.40. The van der Waals surface area contributed by atoms with E-state index in [4.69, 9.17) is 10.5 Å². The van der Waals surface area contributed by atoms with Gasteiger partial charge in [0.2, 0.25) is 0 Å². The molecule has 0 aromatic heterocycles. The number of hydrogen-bond acceptors (Lipinski definition) is 3. The van der Waals surface area contributed by atoms with Crippen LogP contribution in [0.25, 0.3) is 0 Å². The summed E-state index contributed by atoms with van der Waals surface area (Å²) in [6, 6.07) is -0.0281. The second-order valence-corrected chi connectivity index (χ2v) is 3.52. The van der Waals surface area contributed by atoms with Crippen LogP contribution in [0.4, 0.5) is 0 Å². The quantitative estimate of drug-likeness (QED) is 0.651. The lowest BCUT2D eigenvalue weighted by Gasteiger charge is -2.34. The molecular weight excluding hydrogens is 164 g/mol. The highest BCUT2D eigenvalue weighted by atomic mass is 16.5. The van der Waals surface area contributed by atoms with E-state index in [0.717, 1.165) is 26.2 Å². The highest BCUT2D eigenvalue weighted by Gasteiger charge is 2.23. The first-order chi connectivity index (χ1) is 6.27. The van der Waals surface area contributed by atoms with Crippen molar-refractivity contribution in [2.75, 3.05) is 26.2 Å². The Kier molecular flexibility index (Phi) is 4.42. The molecule has 1 rings (SSSR count). The van der Waals surface area contributed by atoms with E-state index >= 15 is 0 Å². The number of nitrogens with two attached hydrogens (primary N) is 1. The lowest BCUT2D eigenvalue weighted by Crippen LogP contribution is -2.49. The first-order valence-electron chi connectivity index (χ1n) is 5.00. The Bertz CT molecular complexity index is 159. The molecule has 2 atom stereocenters. The van der Waals surface area contributed by atoms with Crippen molar-refractivity contribution in [1.29, 1.82) is 0 Å². The van der Waals surface area contributed by atoms with E-state index in [1.165, 1.54) is 6.42 Å². The average molecular weight is 184 g/mol. The number of rotatable bonds is 4. The van der Waals surface area contributed by atoms with Gasteiger partial charge in [-0.25, -0.2) is 0 Å². The zero-order valence-electron chi connectivity index (χ0n) is 8.41. The summed E-state index contributed by atoms with van der Waals surface area (Å²) in [5.41, 5.74) is 5.84. The fourth-order valence-electron chi connectivity index (χ4n) is 1.64. The van der Waals surface area contributed by atoms with E-state index in [9.17, 15) is 0 Å². The van der Waals surface area contributed by atoms with Crippen LogP contribution in [0, 0.1) is 0 Å². The lowest BCUT2D eigenvalue weighted by molar-refractivity contribution is -0.0333. The predicted molar refractivity (Wildman–Crippen MR) is 54.6 cm³/mol. The summed E-state index contributed by atoms with van der Waals surface area (Å²) in [7, 11) is 0. The second kappa shape index (κ2) is 5.37. The summed E-state index contributed by atoms with van der Waals surface area (Å²) in [5.74, 6) is 0. The van der Waals surface area contributed by atoms with Crippen molar-refractivity contribution in [3.8, 4) is 0 Å². The van der Waals surface area contributed by atoms with Crippen molar-refractivity contribution in [3.63, 3.8) is 0 Å². The molecule has 76 valence electrons. The molecule has 0 aromatic rings. The topological polar surface area (TPSA) is 38.5 Å². The molecule has 1 aliphatic heterocycles. The van der Waals surface area contributed by atoms with Crippen LogP contribution in [-0.2, 0) is 4.74 Å². The standard InChI is InChI=1S/C10H20N2O/c1-3-5-12-6-7-13-10(8-12)9(11)4-2/h4,9-10H,2-3,5-8,11H2,1H3. The second-order valence-electron chi connectivity index (χ2n) is 3.52. The van der Waals surface area contributed by atoms with Crippen molar-refractivity contribution >= 4 is 0 Å². The van der Waals surface area contributed by atoms with Gasteiger partial charge in [-0.05, 0) is 13.0 Å². The number of ether oxygens (including phenoxy) is 1. The van der Waals surface area contributed by atoms with Gasteiger partial charge in [0.25, 0.3) is 0 Å². The third-order valence-electron chi connectivity index (χ3n) is 2.42. The van der Waals surface area contributed by atoms with Gasteiger partial charge >= 0.3 is 0 Å². The maximum Gasteiger partial charge on any atom is 0.0888 e. The van der Waals surface area contributed by atoms with Crippen LogP contribution in [0.2, 0.25) is 0 Å². The Morgan fingerprint density at radius 3 is 3.15 bits per heavy atom. The van der Waals surface area contributed by atoms with Crippen LogP contribution in [0.3, 0.4) is 0 Å². The van der Waals surface area contributed by atoms with Gasteiger partial charge < -0.3 is 10.5 Å². The molecule has 0 aromatic carbocycles. The molecule has 1 heterocycles. The summed E-state index contributed by atoms with van der Waals surface area (Å²) < 4.78 is 5.57. The molecule has 1 fully saturated rings. The Morgan fingerprint density at radius 2 is 2.54 bits per heavy atom.